The Morgan fingerprint density at radius 2 is 1.93 bits per heavy atom. The van der Waals surface area contributed by atoms with Crippen LogP contribution in [0.2, 0.25) is 0 Å². The molecule has 0 bridgehead atoms. The van der Waals surface area contributed by atoms with E-state index in [1.165, 1.54) is 12.1 Å². The SMILES string of the molecule is CCC(=O)Nc1ccc(OC)c(N(CC)Cc2cccc(S(=O)(=O)O)c2)c1. The van der Waals surface area contributed by atoms with Crippen molar-refractivity contribution in [2.45, 2.75) is 31.7 Å². The Balaban J connectivity index is 2.36. The van der Waals surface area contributed by atoms with Crippen LogP contribution in [-0.2, 0) is 21.5 Å². The van der Waals surface area contributed by atoms with Crippen LogP contribution in [-0.4, -0.2) is 32.5 Å². The van der Waals surface area contributed by atoms with Crippen molar-refractivity contribution < 1.29 is 22.5 Å². The molecule has 2 aromatic rings. The minimum atomic E-state index is -4.26. The normalized spacial score (nSPS) is 11.1. The van der Waals surface area contributed by atoms with Gasteiger partial charge in [0.05, 0.1) is 17.7 Å². The summed E-state index contributed by atoms with van der Waals surface area (Å²) >= 11 is 0. The minimum absolute atomic E-state index is 0.0879. The summed E-state index contributed by atoms with van der Waals surface area (Å²) in [5.74, 6) is 0.548. The maximum absolute atomic E-state index is 11.7. The number of ether oxygens (including phenoxy) is 1. The van der Waals surface area contributed by atoms with Gasteiger partial charge in [0.15, 0.2) is 0 Å². The number of hydrogen-bond acceptors (Lipinski definition) is 5. The van der Waals surface area contributed by atoms with E-state index < -0.39 is 10.1 Å². The largest absolute Gasteiger partial charge is 0.495 e. The molecular weight excluding hydrogens is 368 g/mol. The van der Waals surface area contributed by atoms with Crippen LogP contribution in [0.5, 0.6) is 5.75 Å². The van der Waals surface area contributed by atoms with Crippen LogP contribution in [0.15, 0.2) is 47.4 Å². The first kappa shape index (κ1) is 20.7. The zero-order chi connectivity index (χ0) is 20.0. The molecule has 0 radical (unpaired) electrons. The lowest BCUT2D eigenvalue weighted by molar-refractivity contribution is -0.115. The zero-order valence-electron chi connectivity index (χ0n) is 15.6. The van der Waals surface area contributed by atoms with Gasteiger partial charge in [0.1, 0.15) is 5.75 Å². The van der Waals surface area contributed by atoms with E-state index in [1.807, 2.05) is 17.9 Å². The van der Waals surface area contributed by atoms with E-state index in [0.717, 1.165) is 11.3 Å². The first-order valence-electron chi connectivity index (χ1n) is 8.57. The minimum Gasteiger partial charge on any atom is -0.495 e. The number of carbonyl (C=O) groups excluding carboxylic acids is 1. The molecule has 0 aliphatic rings. The number of amides is 1. The summed E-state index contributed by atoms with van der Waals surface area (Å²) in [5.41, 5.74) is 2.14. The second-order valence-corrected chi connectivity index (χ2v) is 7.35. The van der Waals surface area contributed by atoms with E-state index in [9.17, 15) is 17.8 Å². The van der Waals surface area contributed by atoms with Gasteiger partial charge in [-0.1, -0.05) is 19.1 Å². The quantitative estimate of drug-likeness (QED) is 0.669. The molecule has 2 rings (SSSR count). The highest BCUT2D eigenvalue weighted by Gasteiger charge is 2.15. The van der Waals surface area contributed by atoms with Crippen LogP contribution in [0.25, 0.3) is 0 Å². The van der Waals surface area contributed by atoms with Crippen LogP contribution in [0.3, 0.4) is 0 Å². The van der Waals surface area contributed by atoms with Crippen molar-refractivity contribution in [3.63, 3.8) is 0 Å². The summed E-state index contributed by atoms with van der Waals surface area (Å²) in [6, 6.07) is 11.5. The number of rotatable bonds is 8. The predicted octanol–water partition coefficient (Wildman–Crippen LogP) is 3.32. The van der Waals surface area contributed by atoms with Gasteiger partial charge in [0.2, 0.25) is 5.91 Å². The third-order valence-electron chi connectivity index (χ3n) is 4.08. The van der Waals surface area contributed by atoms with Gasteiger partial charge in [-0.25, -0.2) is 0 Å². The van der Waals surface area contributed by atoms with Crippen molar-refractivity contribution in [3.05, 3.63) is 48.0 Å². The summed E-state index contributed by atoms with van der Waals surface area (Å²) in [5, 5.41) is 2.82. The van der Waals surface area contributed by atoms with Crippen LogP contribution in [0.4, 0.5) is 11.4 Å². The topological polar surface area (TPSA) is 95.9 Å². The maximum atomic E-state index is 11.7. The summed E-state index contributed by atoms with van der Waals surface area (Å²) < 4.78 is 37.4. The average molecular weight is 392 g/mol. The molecule has 0 saturated carbocycles. The first-order chi connectivity index (χ1) is 12.8. The number of methoxy groups -OCH3 is 1. The van der Waals surface area contributed by atoms with Gasteiger partial charge in [-0.15, -0.1) is 0 Å². The molecule has 0 heterocycles. The van der Waals surface area contributed by atoms with Crippen molar-refractivity contribution in [1.29, 1.82) is 0 Å². The summed E-state index contributed by atoms with van der Waals surface area (Å²) in [7, 11) is -2.69. The maximum Gasteiger partial charge on any atom is 0.294 e. The molecule has 0 aliphatic carbocycles. The van der Waals surface area contributed by atoms with Gasteiger partial charge in [0, 0.05) is 25.2 Å². The third-order valence-corrected chi connectivity index (χ3v) is 4.93. The monoisotopic (exact) mass is 392 g/mol. The number of hydrogen-bond donors (Lipinski definition) is 2. The first-order valence-corrected chi connectivity index (χ1v) is 10.0. The van der Waals surface area contributed by atoms with E-state index in [2.05, 4.69) is 5.32 Å². The Hall–Kier alpha value is -2.58. The van der Waals surface area contributed by atoms with Crippen molar-refractivity contribution in [1.82, 2.24) is 0 Å². The number of anilines is 2. The van der Waals surface area contributed by atoms with E-state index >= 15 is 0 Å². The van der Waals surface area contributed by atoms with E-state index in [0.29, 0.717) is 30.9 Å². The number of carbonyl (C=O) groups is 1. The van der Waals surface area contributed by atoms with Crippen molar-refractivity contribution >= 4 is 27.4 Å². The van der Waals surface area contributed by atoms with Crippen LogP contribution in [0.1, 0.15) is 25.8 Å². The fourth-order valence-corrected chi connectivity index (χ4v) is 3.21. The molecule has 2 N–H and O–H groups in total. The molecule has 1 amide bonds. The predicted molar refractivity (Wildman–Crippen MR) is 105 cm³/mol. The Morgan fingerprint density at radius 1 is 1.19 bits per heavy atom. The highest BCUT2D eigenvalue weighted by Crippen LogP contribution is 2.32. The third kappa shape index (κ3) is 5.45. The number of benzene rings is 2. The summed E-state index contributed by atoms with van der Waals surface area (Å²) in [6.45, 7) is 4.77. The molecule has 0 spiro atoms. The molecule has 0 fully saturated rings. The molecule has 146 valence electrons. The Kier molecular flexibility index (Phi) is 6.81. The molecule has 0 aromatic heterocycles. The Morgan fingerprint density at radius 3 is 2.52 bits per heavy atom. The number of nitrogens with one attached hydrogen (secondary N) is 1. The highest BCUT2D eigenvalue weighted by atomic mass is 32.2. The van der Waals surface area contributed by atoms with Gasteiger partial charge in [-0.2, -0.15) is 8.42 Å². The Bertz CT molecular complexity index is 912. The summed E-state index contributed by atoms with van der Waals surface area (Å²) in [4.78, 5) is 13.5. The van der Waals surface area contributed by atoms with Gasteiger partial charge in [-0.3, -0.25) is 9.35 Å². The lowest BCUT2D eigenvalue weighted by Crippen LogP contribution is -2.23. The second kappa shape index (κ2) is 8.88. The molecule has 0 atom stereocenters. The van der Waals surface area contributed by atoms with Gasteiger partial charge < -0.3 is 15.0 Å². The fraction of sp³-hybridized carbons (Fsp3) is 0.316. The summed E-state index contributed by atoms with van der Waals surface area (Å²) in [6.07, 6.45) is 0.376. The molecule has 8 heteroatoms. The Labute approximate surface area is 159 Å². The smallest absolute Gasteiger partial charge is 0.294 e. The molecule has 0 unspecified atom stereocenters. The van der Waals surface area contributed by atoms with Gasteiger partial charge in [-0.05, 0) is 42.8 Å². The van der Waals surface area contributed by atoms with Crippen molar-refractivity contribution in [2.75, 3.05) is 23.9 Å². The molecule has 0 saturated heterocycles. The van der Waals surface area contributed by atoms with E-state index in [4.69, 9.17) is 4.74 Å². The number of nitrogens with zero attached hydrogens (tertiary/aromatic N) is 1. The molecule has 0 aliphatic heterocycles. The zero-order valence-corrected chi connectivity index (χ0v) is 16.4. The van der Waals surface area contributed by atoms with Crippen molar-refractivity contribution in [3.8, 4) is 5.75 Å². The molecule has 7 nitrogen and oxygen atoms in total. The molecular formula is C19H24N2O5S. The lowest BCUT2D eigenvalue weighted by atomic mass is 10.1. The second-order valence-electron chi connectivity index (χ2n) is 5.93. The average Bonchev–Trinajstić information content (AvgIpc) is 2.65. The molecule has 2 aromatic carbocycles. The van der Waals surface area contributed by atoms with E-state index in [-0.39, 0.29) is 10.8 Å². The lowest BCUT2D eigenvalue weighted by Gasteiger charge is -2.26. The van der Waals surface area contributed by atoms with Crippen LogP contribution < -0.4 is 15.0 Å². The van der Waals surface area contributed by atoms with Crippen molar-refractivity contribution in [2.24, 2.45) is 0 Å². The standard InChI is InChI=1S/C19H24N2O5S/c1-4-19(22)20-15-9-10-18(26-3)17(12-15)21(5-2)13-14-7-6-8-16(11-14)27(23,24)25/h6-12H,4-5,13H2,1-3H3,(H,20,22)(H,23,24,25). The fourth-order valence-electron chi connectivity index (χ4n) is 2.66. The highest BCUT2D eigenvalue weighted by molar-refractivity contribution is 7.85. The van der Waals surface area contributed by atoms with Crippen LogP contribution in [0, 0.1) is 0 Å². The van der Waals surface area contributed by atoms with Gasteiger partial charge >= 0.3 is 0 Å². The van der Waals surface area contributed by atoms with Crippen LogP contribution >= 0.6 is 0 Å². The van der Waals surface area contributed by atoms with E-state index in [1.54, 1.807) is 38.3 Å². The van der Waals surface area contributed by atoms with Gasteiger partial charge in [0.25, 0.3) is 10.1 Å². The molecule has 27 heavy (non-hydrogen) atoms.